The average Bonchev–Trinajstić information content (AvgIpc) is 2.38. The van der Waals surface area contributed by atoms with Crippen LogP contribution in [0, 0.1) is 5.41 Å². The van der Waals surface area contributed by atoms with E-state index in [1.54, 1.807) is 12.1 Å². The Labute approximate surface area is 108 Å². The molecule has 2 rings (SSSR count). The van der Waals surface area contributed by atoms with Crippen LogP contribution >= 0.6 is 0 Å². The van der Waals surface area contributed by atoms with Gasteiger partial charge in [0.15, 0.2) is 0 Å². The van der Waals surface area contributed by atoms with Gasteiger partial charge in [0, 0.05) is 12.2 Å². The van der Waals surface area contributed by atoms with E-state index in [-0.39, 0.29) is 0 Å². The number of carboxylic acid groups (broad SMARTS) is 1. The maximum atomic E-state index is 10.7. The van der Waals surface area contributed by atoms with E-state index in [0.717, 1.165) is 12.2 Å². The van der Waals surface area contributed by atoms with Crippen molar-refractivity contribution in [3.05, 3.63) is 29.8 Å². The van der Waals surface area contributed by atoms with Crippen LogP contribution < -0.4 is 5.32 Å². The Hall–Kier alpha value is -1.51. The van der Waals surface area contributed by atoms with Gasteiger partial charge in [0.1, 0.15) is 0 Å². The predicted molar refractivity (Wildman–Crippen MR) is 73.1 cm³/mol. The molecule has 98 valence electrons. The SMILES string of the molecule is CC1(CNc2ccc(C(=O)O)cc2)CCCCC1. The van der Waals surface area contributed by atoms with Crippen molar-refractivity contribution in [3.63, 3.8) is 0 Å². The second-order valence-corrected chi connectivity index (χ2v) is 5.61. The van der Waals surface area contributed by atoms with Gasteiger partial charge in [-0.15, -0.1) is 0 Å². The molecule has 0 aliphatic heterocycles. The molecule has 0 heterocycles. The van der Waals surface area contributed by atoms with Gasteiger partial charge in [-0.2, -0.15) is 0 Å². The molecule has 0 spiro atoms. The van der Waals surface area contributed by atoms with E-state index in [9.17, 15) is 4.79 Å². The van der Waals surface area contributed by atoms with Gasteiger partial charge in [-0.1, -0.05) is 26.2 Å². The van der Waals surface area contributed by atoms with Crippen LogP contribution in [0.25, 0.3) is 0 Å². The molecule has 0 aromatic heterocycles. The normalized spacial score (nSPS) is 18.3. The molecular formula is C15H21NO2. The number of aromatic carboxylic acids is 1. The van der Waals surface area contributed by atoms with Crippen LogP contribution in [0.2, 0.25) is 0 Å². The molecular weight excluding hydrogens is 226 g/mol. The zero-order valence-electron chi connectivity index (χ0n) is 10.9. The van der Waals surface area contributed by atoms with Gasteiger partial charge in [0.2, 0.25) is 0 Å². The van der Waals surface area contributed by atoms with E-state index in [4.69, 9.17) is 5.11 Å². The fraction of sp³-hybridized carbons (Fsp3) is 0.533. The van der Waals surface area contributed by atoms with Crippen molar-refractivity contribution in [2.45, 2.75) is 39.0 Å². The number of hydrogen-bond acceptors (Lipinski definition) is 2. The summed E-state index contributed by atoms with van der Waals surface area (Å²) in [5, 5.41) is 12.3. The zero-order valence-corrected chi connectivity index (χ0v) is 10.9. The lowest BCUT2D eigenvalue weighted by Crippen LogP contribution is -2.28. The highest BCUT2D eigenvalue weighted by atomic mass is 16.4. The summed E-state index contributed by atoms with van der Waals surface area (Å²) in [5.41, 5.74) is 1.74. The summed E-state index contributed by atoms with van der Waals surface area (Å²) in [6.45, 7) is 3.31. The van der Waals surface area contributed by atoms with Crippen molar-refractivity contribution in [2.24, 2.45) is 5.41 Å². The van der Waals surface area contributed by atoms with Crippen LogP contribution in [0.3, 0.4) is 0 Å². The van der Waals surface area contributed by atoms with Crippen molar-refractivity contribution >= 4 is 11.7 Å². The van der Waals surface area contributed by atoms with Crippen molar-refractivity contribution in [1.29, 1.82) is 0 Å². The minimum Gasteiger partial charge on any atom is -0.478 e. The molecule has 1 aliphatic carbocycles. The first-order valence-corrected chi connectivity index (χ1v) is 6.66. The highest BCUT2D eigenvalue weighted by Crippen LogP contribution is 2.35. The lowest BCUT2D eigenvalue weighted by atomic mass is 9.76. The summed E-state index contributed by atoms with van der Waals surface area (Å²) in [7, 11) is 0. The lowest BCUT2D eigenvalue weighted by Gasteiger charge is -2.34. The van der Waals surface area contributed by atoms with Gasteiger partial charge in [-0.25, -0.2) is 4.79 Å². The van der Waals surface area contributed by atoms with Gasteiger partial charge in [0.25, 0.3) is 0 Å². The molecule has 1 aliphatic rings. The maximum Gasteiger partial charge on any atom is 0.335 e. The Bertz CT molecular complexity index is 405. The van der Waals surface area contributed by atoms with Gasteiger partial charge in [-0.3, -0.25) is 0 Å². The number of hydrogen-bond donors (Lipinski definition) is 2. The summed E-state index contributed by atoms with van der Waals surface area (Å²) in [5.74, 6) is -0.874. The number of anilines is 1. The zero-order chi connectivity index (χ0) is 13.0. The topological polar surface area (TPSA) is 49.3 Å². The first kappa shape index (κ1) is 12.9. The van der Waals surface area contributed by atoms with Crippen LogP contribution in [0.4, 0.5) is 5.69 Å². The average molecular weight is 247 g/mol. The highest BCUT2D eigenvalue weighted by molar-refractivity contribution is 5.87. The van der Waals surface area contributed by atoms with Crippen LogP contribution in [0.15, 0.2) is 24.3 Å². The van der Waals surface area contributed by atoms with Crippen LogP contribution in [-0.4, -0.2) is 17.6 Å². The Kier molecular flexibility index (Phi) is 3.90. The Morgan fingerprint density at radius 1 is 1.22 bits per heavy atom. The smallest absolute Gasteiger partial charge is 0.335 e. The van der Waals surface area contributed by atoms with Gasteiger partial charge in [0.05, 0.1) is 5.56 Å². The summed E-state index contributed by atoms with van der Waals surface area (Å²) in [6, 6.07) is 6.98. The summed E-state index contributed by atoms with van der Waals surface area (Å²) < 4.78 is 0. The lowest BCUT2D eigenvalue weighted by molar-refractivity contribution is 0.0697. The Morgan fingerprint density at radius 2 is 1.83 bits per heavy atom. The molecule has 0 amide bonds. The molecule has 0 unspecified atom stereocenters. The first-order chi connectivity index (χ1) is 8.59. The molecule has 2 N–H and O–H groups in total. The first-order valence-electron chi connectivity index (χ1n) is 6.66. The van der Waals surface area contributed by atoms with Crippen LogP contribution in [0.1, 0.15) is 49.4 Å². The molecule has 1 aromatic rings. The minimum atomic E-state index is -0.874. The number of benzene rings is 1. The number of carbonyl (C=O) groups is 1. The van der Waals surface area contributed by atoms with Gasteiger partial charge < -0.3 is 10.4 Å². The van der Waals surface area contributed by atoms with E-state index < -0.39 is 5.97 Å². The van der Waals surface area contributed by atoms with Crippen LogP contribution in [0.5, 0.6) is 0 Å². The molecule has 3 heteroatoms. The summed E-state index contributed by atoms with van der Waals surface area (Å²) >= 11 is 0. The van der Waals surface area contributed by atoms with E-state index >= 15 is 0 Å². The second kappa shape index (κ2) is 5.42. The fourth-order valence-electron chi connectivity index (χ4n) is 2.63. The summed E-state index contributed by atoms with van der Waals surface area (Å²) in [4.78, 5) is 10.7. The van der Waals surface area contributed by atoms with E-state index in [2.05, 4.69) is 12.2 Å². The van der Waals surface area contributed by atoms with Crippen molar-refractivity contribution < 1.29 is 9.90 Å². The maximum absolute atomic E-state index is 10.7. The van der Waals surface area contributed by atoms with E-state index in [1.165, 1.54) is 32.1 Å². The molecule has 0 bridgehead atoms. The second-order valence-electron chi connectivity index (χ2n) is 5.61. The van der Waals surface area contributed by atoms with Gasteiger partial charge in [-0.05, 0) is 42.5 Å². The minimum absolute atomic E-state index is 0.337. The third-order valence-electron chi connectivity index (χ3n) is 3.91. The molecule has 0 radical (unpaired) electrons. The third kappa shape index (κ3) is 3.25. The highest BCUT2D eigenvalue weighted by Gasteiger charge is 2.26. The standard InChI is InChI=1S/C15H21NO2/c1-15(9-3-2-4-10-15)11-16-13-7-5-12(6-8-13)14(17)18/h5-8,16H,2-4,9-11H2,1H3,(H,17,18). The molecule has 1 saturated carbocycles. The van der Waals surface area contributed by atoms with Crippen molar-refractivity contribution in [1.82, 2.24) is 0 Å². The third-order valence-corrected chi connectivity index (χ3v) is 3.91. The molecule has 3 nitrogen and oxygen atoms in total. The van der Waals surface area contributed by atoms with E-state index in [1.807, 2.05) is 12.1 Å². The molecule has 0 atom stereocenters. The number of rotatable bonds is 4. The molecule has 1 fully saturated rings. The Balaban J connectivity index is 1.91. The molecule has 18 heavy (non-hydrogen) atoms. The van der Waals surface area contributed by atoms with Crippen molar-refractivity contribution in [2.75, 3.05) is 11.9 Å². The largest absolute Gasteiger partial charge is 0.478 e. The van der Waals surface area contributed by atoms with Crippen molar-refractivity contribution in [3.8, 4) is 0 Å². The quantitative estimate of drug-likeness (QED) is 0.851. The van der Waals surface area contributed by atoms with Gasteiger partial charge >= 0.3 is 5.97 Å². The Morgan fingerprint density at radius 3 is 2.39 bits per heavy atom. The number of nitrogens with one attached hydrogen (secondary N) is 1. The fourth-order valence-corrected chi connectivity index (χ4v) is 2.63. The van der Waals surface area contributed by atoms with E-state index in [0.29, 0.717) is 11.0 Å². The van der Waals surface area contributed by atoms with Crippen LogP contribution in [-0.2, 0) is 0 Å². The molecule has 0 saturated heterocycles. The predicted octanol–water partition coefficient (Wildman–Crippen LogP) is 3.77. The molecule has 1 aromatic carbocycles. The number of carboxylic acids is 1. The monoisotopic (exact) mass is 247 g/mol. The summed E-state index contributed by atoms with van der Waals surface area (Å²) in [6.07, 6.45) is 6.59.